The first-order valence-corrected chi connectivity index (χ1v) is 16.5. The Kier molecular flexibility index (Phi) is 22.4. The Morgan fingerprint density at radius 2 is 1.09 bits per heavy atom. The van der Waals surface area contributed by atoms with Crippen molar-refractivity contribution in [2.75, 3.05) is 46.0 Å². The van der Waals surface area contributed by atoms with Crippen molar-refractivity contribution in [2.24, 2.45) is 0 Å². The molecule has 0 N–H and O–H groups in total. The van der Waals surface area contributed by atoms with Crippen molar-refractivity contribution in [1.82, 2.24) is 0 Å². The van der Waals surface area contributed by atoms with Gasteiger partial charge in [-0.15, -0.1) is 0 Å². The molecule has 0 amide bonds. The zero-order valence-electron chi connectivity index (χ0n) is 12.7. The Bertz CT molecular complexity index is 255. The van der Waals surface area contributed by atoms with Crippen molar-refractivity contribution < 1.29 is 0 Å². The van der Waals surface area contributed by atoms with Gasteiger partial charge in [0.05, 0.1) is 0 Å². The lowest BCUT2D eigenvalue weighted by molar-refractivity contribution is 1.13. The van der Waals surface area contributed by atoms with E-state index in [1.165, 1.54) is 0 Å². The van der Waals surface area contributed by atoms with E-state index in [0.29, 0.717) is 21.0 Å². The van der Waals surface area contributed by atoms with Crippen LogP contribution in [0.5, 0.6) is 0 Å². The van der Waals surface area contributed by atoms with Gasteiger partial charge >= 0.3 is 0 Å². The highest BCUT2D eigenvalue weighted by atomic mass is 33.1. The minimum atomic E-state index is 0.383. The molecule has 4 atom stereocenters. The molecular weight excluding hydrogens is 497 g/mol. The smallest absolute Gasteiger partial charge is 0.0338 e. The minimum Gasteiger partial charge on any atom is -0.178 e. The molecule has 11 heteroatoms. The zero-order chi connectivity index (χ0) is 17.5. The van der Waals surface area contributed by atoms with Crippen LogP contribution in [0.4, 0.5) is 0 Å². The summed E-state index contributed by atoms with van der Waals surface area (Å²) in [4.78, 5) is 0. The average molecular weight is 523 g/mol. The van der Waals surface area contributed by atoms with Crippen LogP contribution in [0, 0.1) is 0 Å². The van der Waals surface area contributed by atoms with Gasteiger partial charge in [0.25, 0.3) is 0 Å². The molecule has 0 bridgehead atoms. The van der Waals surface area contributed by atoms with Gasteiger partial charge in [0, 0.05) is 67.0 Å². The lowest BCUT2D eigenvalue weighted by Gasteiger charge is -2.15. The summed E-state index contributed by atoms with van der Waals surface area (Å²) in [5, 5.41) is 1.78. The Labute approximate surface area is 195 Å². The first-order chi connectivity index (χ1) is 11.0. The number of hydrogen-bond donors (Lipinski definition) is 6. The van der Waals surface area contributed by atoms with Crippen molar-refractivity contribution >= 4 is 131 Å². The molecule has 0 spiro atoms. The first-order valence-electron chi connectivity index (χ1n) is 7.00. The van der Waals surface area contributed by atoms with Crippen molar-refractivity contribution in [2.45, 2.75) is 21.0 Å². The fraction of sp³-hybridized carbons (Fsp3) is 1.00. The Hall–Kier alpha value is 3.85. The van der Waals surface area contributed by atoms with Gasteiger partial charge in [0.1, 0.15) is 0 Å². The van der Waals surface area contributed by atoms with E-state index in [1.807, 2.05) is 54.9 Å². The van der Waals surface area contributed by atoms with Gasteiger partial charge in [-0.1, -0.05) is 43.2 Å². The summed E-state index contributed by atoms with van der Waals surface area (Å²) in [6, 6.07) is 0. The van der Waals surface area contributed by atoms with Gasteiger partial charge in [-0.2, -0.15) is 87.5 Å². The Morgan fingerprint density at radius 3 is 1.70 bits per heavy atom. The molecule has 0 rings (SSSR count). The van der Waals surface area contributed by atoms with E-state index in [0.717, 1.165) is 46.0 Å². The van der Waals surface area contributed by atoms with Crippen LogP contribution >= 0.6 is 131 Å². The maximum atomic E-state index is 4.67. The molecule has 0 aliphatic heterocycles. The highest BCUT2D eigenvalue weighted by Crippen LogP contribution is 2.34. The molecule has 0 heterocycles. The first kappa shape index (κ1) is 26.9. The summed E-state index contributed by atoms with van der Waals surface area (Å²) in [6.07, 6.45) is 0. The highest BCUT2D eigenvalue weighted by Gasteiger charge is 2.12. The van der Waals surface area contributed by atoms with Gasteiger partial charge in [-0.05, 0) is 0 Å². The summed E-state index contributed by atoms with van der Waals surface area (Å²) < 4.78 is 0. The van der Waals surface area contributed by atoms with Crippen molar-refractivity contribution in [3.8, 4) is 0 Å². The molecule has 0 nitrogen and oxygen atoms in total. The molecule has 0 aliphatic carbocycles. The summed E-state index contributed by atoms with van der Waals surface area (Å²) in [5.41, 5.74) is 0. The molecule has 140 valence electrons. The largest absolute Gasteiger partial charge is 0.178 e. The van der Waals surface area contributed by atoms with Crippen LogP contribution in [0.2, 0.25) is 0 Å². The van der Waals surface area contributed by atoms with Crippen LogP contribution in [0.25, 0.3) is 0 Å². The molecule has 4 unspecified atom stereocenters. The van der Waals surface area contributed by atoms with Crippen molar-refractivity contribution in [1.29, 1.82) is 0 Å². The maximum Gasteiger partial charge on any atom is 0.0338 e. The van der Waals surface area contributed by atoms with E-state index < -0.39 is 0 Å². The van der Waals surface area contributed by atoms with E-state index in [1.54, 1.807) is 0 Å². The quantitative estimate of drug-likeness (QED) is 0.0892. The normalized spacial score (nSPS) is 17.0. The third kappa shape index (κ3) is 17.7. The molecule has 23 heavy (non-hydrogen) atoms. The van der Waals surface area contributed by atoms with Crippen LogP contribution in [0.1, 0.15) is 0 Å². The topological polar surface area (TPSA) is 0 Å². The van der Waals surface area contributed by atoms with Gasteiger partial charge in [-0.3, -0.25) is 0 Å². The van der Waals surface area contributed by atoms with Crippen molar-refractivity contribution in [3.05, 3.63) is 0 Å². The maximum absolute atomic E-state index is 4.67. The number of thiol groups is 6. The second-order valence-corrected chi connectivity index (χ2v) is 14.2. The Morgan fingerprint density at radius 1 is 0.565 bits per heavy atom. The third-order valence-corrected chi connectivity index (χ3v) is 13.5. The fourth-order valence-corrected chi connectivity index (χ4v) is 10.9. The average Bonchev–Trinajstić information content (AvgIpc) is 2.56. The summed E-state index contributed by atoms with van der Waals surface area (Å²) in [6.45, 7) is 0. The molecule has 0 saturated carbocycles. The van der Waals surface area contributed by atoms with E-state index in [4.69, 9.17) is 0 Å². The van der Waals surface area contributed by atoms with E-state index in [2.05, 4.69) is 75.8 Å². The van der Waals surface area contributed by atoms with E-state index in [9.17, 15) is 0 Å². The molecule has 0 aromatic rings. The molecule has 0 aromatic carbocycles. The van der Waals surface area contributed by atoms with E-state index in [-0.39, 0.29) is 0 Å². The highest BCUT2D eigenvalue weighted by molar-refractivity contribution is 8.78. The van der Waals surface area contributed by atoms with Crippen molar-refractivity contribution in [3.63, 3.8) is 0 Å². The molecule has 0 fully saturated rings. The number of hydrogen-bond acceptors (Lipinski definition) is 11. The van der Waals surface area contributed by atoms with E-state index >= 15 is 0 Å². The third-order valence-electron chi connectivity index (χ3n) is 2.31. The molecule has 0 saturated heterocycles. The summed E-state index contributed by atoms with van der Waals surface area (Å²) >= 11 is 28.4. The van der Waals surface area contributed by atoms with Gasteiger partial charge in [0.15, 0.2) is 0 Å². The number of rotatable bonds is 16. The summed E-state index contributed by atoms with van der Waals surface area (Å²) in [5.74, 6) is 7.94. The van der Waals surface area contributed by atoms with Gasteiger partial charge in [0.2, 0.25) is 0 Å². The SMILES string of the molecule is SCC(S)CSCC(S)CSSC(CS)CSSCC(S)CS. The second-order valence-electron chi connectivity index (χ2n) is 4.62. The fourth-order valence-electron chi connectivity index (χ4n) is 1.07. The molecule has 0 aliphatic rings. The molecule has 0 aromatic heterocycles. The molecular formula is C12H26S11. The van der Waals surface area contributed by atoms with Crippen LogP contribution in [-0.2, 0) is 0 Å². The van der Waals surface area contributed by atoms with Crippen LogP contribution in [0.3, 0.4) is 0 Å². The molecule has 0 radical (unpaired) electrons. The second kappa shape index (κ2) is 19.2. The van der Waals surface area contributed by atoms with Gasteiger partial charge < -0.3 is 0 Å². The van der Waals surface area contributed by atoms with Crippen LogP contribution in [-0.4, -0.2) is 67.0 Å². The Balaban J connectivity index is 3.61. The predicted molar refractivity (Wildman–Crippen MR) is 146 cm³/mol. The zero-order valence-corrected chi connectivity index (χ0v) is 22.1. The van der Waals surface area contributed by atoms with Gasteiger partial charge in [-0.25, -0.2) is 0 Å². The number of thioether (sulfide) groups is 1. The predicted octanol–water partition coefficient (Wildman–Crippen LogP) is 5.54. The lowest BCUT2D eigenvalue weighted by atomic mass is 10.5. The standard InChI is InChI=1S/C12H26S11/c13-1-9(16)4-19-5-11(18)7-22-23-12(3-15)8-21-20-6-10(17)2-14/h9-18H,1-8H2. The monoisotopic (exact) mass is 522 g/mol. The van der Waals surface area contributed by atoms with Crippen LogP contribution < -0.4 is 0 Å². The lowest BCUT2D eigenvalue weighted by Crippen LogP contribution is -2.11. The minimum absolute atomic E-state index is 0.383. The summed E-state index contributed by atoms with van der Waals surface area (Å²) in [7, 11) is 7.67. The van der Waals surface area contributed by atoms with Crippen LogP contribution in [0.15, 0.2) is 0 Å².